The van der Waals surface area contributed by atoms with Gasteiger partial charge in [0.15, 0.2) is 0 Å². The van der Waals surface area contributed by atoms with Gasteiger partial charge in [-0.1, -0.05) is 13.8 Å². The smallest absolute Gasteiger partial charge is 0.272 e. The highest BCUT2D eigenvalue weighted by Crippen LogP contribution is 2.19. The summed E-state index contributed by atoms with van der Waals surface area (Å²) < 4.78 is 0. The van der Waals surface area contributed by atoms with E-state index in [1.165, 1.54) is 18.3 Å². The van der Waals surface area contributed by atoms with Crippen LogP contribution in [0.4, 0.5) is 5.82 Å². The molecule has 0 spiro atoms. The normalized spacial score (nSPS) is 14.5. The van der Waals surface area contributed by atoms with Gasteiger partial charge in [-0.2, -0.15) is 0 Å². The van der Waals surface area contributed by atoms with Gasteiger partial charge in [0.1, 0.15) is 17.3 Å². The summed E-state index contributed by atoms with van der Waals surface area (Å²) >= 11 is 0. The van der Waals surface area contributed by atoms with E-state index in [0.29, 0.717) is 31.9 Å². The SMILES string of the molecule is Cc1cc(N2CCN(C(=O)c3ccc(C(N)=O)cn3)CC2)nc(C(C)C)n1. The molecule has 0 atom stereocenters. The number of nitrogens with two attached hydrogens (primary N) is 1. The Morgan fingerprint density at radius 3 is 2.37 bits per heavy atom. The maximum Gasteiger partial charge on any atom is 0.272 e. The molecule has 1 aliphatic rings. The van der Waals surface area contributed by atoms with Gasteiger partial charge in [0.05, 0.1) is 5.56 Å². The summed E-state index contributed by atoms with van der Waals surface area (Å²) in [6.07, 6.45) is 1.34. The Bertz CT molecular complexity index is 842. The molecule has 3 rings (SSSR count). The number of aromatic nitrogens is 3. The van der Waals surface area contributed by atoms with E-state index >= 15 is 0 Å². The van der Waals surface area contributed by atoms with Crippen molar-refractivity contribution >= 4 is 17.6 Å². The van der Waals surface area contributed by atoms with Crippen LogP contribution in [0.25, 0.3) is 0 Å². The van der Waals surface area contributed by atoms with Crippen LogP contribution in [0.2, 0.25) is 0 Å². The highest BCUT2D eigenvalue weighted by atomic mass is 16.2. The van der Waals surface area contributed by atoms with Crippen LogP contribution in [0.5, 0.6) is 0 Å². The Morgan fingerprint density at radius 1 is 1.11 bits per heavy atom. The molecule has 3 heterocycles. The Labute approximate surface area is 158 Å². The zero-order valence-electron chi connectivity index (χ0n) is 15.8. The van der Waals surface area contributed by atoms with E-state index in [2.05, 4.69) is 33.7 Å². The van der Waals surface area contributed by atoms with Gasteiger partial charge in [-0.3, -0.25) is 14.6 Å². The molecule has 0 aromatic carbocycles. The van der Waals surface area contributed by atoms with Gasteiger partial charge in [0.2, 0.25) is 5.91 Å². The minimum absolute atomic E-state index is 0.146. The maximum absolute atomic E-state index is 12.6. The van der Waals surface area contributed by atoms with Crippen LogP contribution in [0, 0.1) is 6.92 Å². The standard InChI is InChI=1S/C19H24N6O2/c1-12(2)18-22-13(3)10-16(23-18)24-6-8-25(9-7-24)19(27)15-5-4-14(11-21-15)17(20)26/h4-5,10-12H,6-9H2,1-3H3,(H2,20,26). The molecule has 2 amide bonds. The molecule has 0 bridgehead atoms. The topological polar surface area (TPSA) is 105 Å². The van der Waals surface area contributed by atoms with E-state index in [1.54, 1.807) is 4.90 Å². The Morgan fingerprint density at radius 2 is 1.81 bits per heavy atom. The number of primary amides is 1. The fourth-order valence-corrected chi connectivity index (χ4v) is 2.96. The number of pyridine rings is 1. The Hall–Kier alpha value is -3.03. The van der Waals surface area contributed by atoms with E-state index < -0.39 is 5.91 Å². The molecular weight excluding hydrogens is 344 g/mol. The van der Waals surface area contributed by atoms with Gasteiger partial charge in [-0.05, 0) is 19.1 Å². The Kier molecular flexibility index (Phi) is 5.34. The molecule has 0 aliphatic carbocycles. The second-order valence-corrected chi connectivity index (χ2v) is 6.96. The number of amides is 2. The van der Waals surface area contributed by atoms with Crippen LogP contribution in [-0.4, -0.2) is 57.8 Å². The fraction of sp³-hybridized carbons (Fsp3) is 0.421. The van der Waals surface area contributed by atoms with Crippen molar-refractivity contribution in [2.45, 2.75) is 26.7 Å². The number of nitrogens with zero attached hydrogens (tertiary/aromatic N) is 5. The summed E-state index contributed by atoms with van der Waals surface area (Å²) in [6, 6.07) is 5.04. The molecular formula is C19H24N6O2. The molecule has 2 aromatic rings. The van der Waals surface area contributed by atoms with Crippen LogP contribution in [0.15, 0.2) is 24.4 Å². The van der Waals surface area contributed by atoms with Crippen LogP contribution in [0.3, 0.4) is 0 Å². The summed E-state index contributed by atoms with van der Waals surface area (Å²) in [5.41, 5.74) is 6.75. The highest BCUT2D eigenvalue weighted by Gasteiger charge is 2.24. The number of anilines is 1. The van der Waals surface area contributed by atoms with Crippen molar-refractivity contribution in [1.29, 1.82) is 0 Å². The van der Waals surface area contributed by atoms with Crippen LogP contribution >= 0.6 is 0 Å². The van der Waals surface area contributed by atoms with Gasteiger partial charge >= 0.3 is 0 Å². The lowest BCUT2D eigenvalue weighted by Crippen LogP contribution is -2.49. The average molecular weight is 368 g/mol. The molecule has 142 valence electrons. The maximum atomic E-state index is 12.6. The van der Waals surface area contributed by atoms with E-state index in [-0.39, 0.29) is 17.4 Å². The van der Waals surface area contributed by atoms with Crippen molar-refractivity contribution < 1.29 is 9.59 Å². The van der Waals surface area contributed by atoms with Gasteiger partial charge in [-0.15, -0.1) is 0 Å². The van der Waals surface area contributed by atoms with Crippen LogP contribution in [-0.2, 0) is 0 Å². The van der Waals surface area contributed by atoms with Crippen molar-refractivity contribution in [1.82, 2.24) is 19.9 Å². The molecule has 8 nitrogen and oxygen atoms in total. The van der Waals surface area contributed by atoms with Crippen molar-refractivity contribution in [3.05, 3.63) is 47.2 Å². The fourth-order valence-electron chi connectivity index (χ4n) is 2.96. The molecule has 8 heteroatoms. The molecule has 1 fully saturated rings. The van der Waals surface area contributed by atoms with Gasteiger partial charge < -0.3 is 15.5 Å². The quantitative estimate of drug-likeness (QED) is 0.874. The lowest BCUT2D eigenvalue weighted by Gasteiger charge is -2.35. The van der Waals surface area contributed by atoms with Crippen LogP contribution in [0.1, 0.15) is 52.1 Å². The molecule has 0 saturated carbocycles. The third-order valence-electron chi connectivity index (χ3n) is 4.53. The van der Waals surface area contributed by atoms with E-state index in [0.717, 1.165) is 17.3 Å². The minimum atomic E-state index is -0.559. The summed E-state index contributed by atoms with van der Waals surface area (Å²) in [7, 11) is 0. The number of carbonyl (C=O) groups excluding carboxylic acids is 2. The van der Waals surface area contributed by atoms with E-state index in [9.17, 15) is 9.59 Å². The summed E-state index contributed by atoms with van der Waals surface area (Å²) in [5.74, 6) is 1.30. The molecule has 27 heavy (non-hydrogen) atoms. The predicted octanol–water partition coefficient (Wildman–Crippen LogP) is 1.36. The highest BCUT2D eigenvalue weighted by molar-refractivity contribution is 5.95. The molecule has 1 saturated heterocycles. The average Bonchev–Trinajstić information content (AvgIpc) is 2.67. The summed E-state index contributed by atoms with van der Waals surface area (Å²) in [6.45, 7) is 8.67. The molecule has 0 unspecified atom stereocenters. The first kappa shape index (κ1) is 18.8. The molecule has 0 radical (unpaired) electrons. The number of piperazine rings is 1. The van der Waals surface area contributed by atoms with Crippen molar-refractivity contribution in [2.24, 2.45) is 5.73 Å². The number of carbonyl (C=O) groups is 2. The summed E-state index contributed by atoms with van der Waals surface area (Å²) in [4.78, 5) is 40.9. The second kappa shape index (κ2) is 7.69. The van der Waals surface area contributed by atoms with Crippen LogP contribution < -0.4 is 10.6 Å². The summed E-state index contributed by atoms with van der Waals surface area (Å²) in [5, 5.41) is 0. The third kappa shape index (κ3) is 4.21. The number of aryl methyl sites for hydroxylation is 1. The zero-order chi connectivity index (χ0) is 19.6. The molecule has 1 aliphatic heterocycles. The first-order chi connectivity index (χ1) is 12.8. The molecule has 2 aromatic heterocycles. The number of hydrogen-bond acceptors (Lipinski definition) is 6. The van der Waals surface area contributed by atoms with E-state index in [1.807, 2.05) is 13.0 Å². The third-order valence-corrected chi connectivity index (χ3v) is 4.53. The predicted molar refractivity (Wildman–Crippen MR) is 102 cm³/mol. The zero-order valence-corrected chi connectivity index (χ0v) is 15.8. The Balaban J connectivity index is 1.66. The van der Waals surface area contributed by atoms with Crippen molar-refractivity contribution in [2.75, 3.05) is 31.1 Å². The van der Waals surface area contributed by atoms with Crippen molar-refractivity contribution in [3.8, 4) is 0 Å². The lowest BCUT2D eigenvalue weighted by atomic mass is 10.2. The molecule has 2 N–H and O–H groups in total. The first-order valence-corrected chi connectivity index (χ1v) is 9.01. The number of rotatable bonds is 4. The minimum Gasteiger partial charge on any atom is -0.366 e. The van der Waals surface area contributed by atoms with Gasteiger partial charge in [-0.25, -0.2) is 9.97 Å². The second-order valence-electron chi connectivity index (χ2n) is 6.96. The van der Waals surface area contributed by atoms with Gasteiger partial charge in [0.25, 0.3) is 5.91 Å². The first-order valence-electron chi connectivity index (χ1n) is 9.01. The monoisotopic (exact) mass is 368 g/mol. The largest absolute Gasteiger partial charge is 0.366 e. The number of hydrogen-bond donors (Lipinski definition) is 1. The van der Waals surface area contributed by atoms with Gasteiger partial charge in [0, 0.05) is 50.1 Å². The lowest BCUT2D eigenvalue weighted by molar-refractivity contribution is 0.0740. The van der Waals surface area contributed by atoms with Crippen molar-refractivity contribution in [3.63, 3.8) is 0 Å². The van der Waals surface area contributed by atoms with E-state index in [4.69, 9.17) is 5.73 Å².